The lowest BCUT2D eigenvalue weighted by Crippen LogP contribution is -2.30. The van der Waals surface area contributed by atoms with Crippen molar-refractivity contribution in [2.75, 3.05) is 13.7 Å². The maximum Gasteiger partial charge on any atom is 0.357 e. The number of furan rings is 1. The van der Waals surface area contributed by atoms with E-state index in [1.165, 1.54) is 15.8 Å². The number of thiophene rings is 1. The number of carbonyl (C=O) groups excluding carboxylic acids is 2. The van der Waals surface area contributed by atoms with Gasteiger partial charge in [0.05, 0.1) is 18.5 Å². The van der Waals surface area contributed by atoms with Gasteiger partial charge in [0.25, 0.3) is 5.91 Å². The third kappa shape index (κ3) is 4.33. The van der Waals surface area contributed by atoms with Crippen molar-refractivity contribution in [1.82, 2.24) is 14.7 Å². The third-order valence-electron chi connectivity index (χ3n) is 4.42. The van der Waals surface area contributed by atoms with Crippen LogP contribution in [-0.4, -0.2) is 40.2 Å². The number of amides is 1. The molecule has 1 aromatic carbocycles. The average Bonchev–Trinajstić information content (AvgIpc) is 3.53. The number of benzene rings is 1. The second-order valence-electron chi connectivity index (χ2n) is 6.54. The van der Waals surface area contributed by atoms with Gasteiger partial charge in [-0.1, -0.05) is 24.3 Å². The highest BCUT2D eigenvalue weighted by Crippen LogP contribution is 2.22. The molecule has 0 saturated carbocycles. The quantitative estimate of drug-likeness (QED) is 0.422. The Morgan fingerprint density at radius 3 is 2.67 bits per heavy atom. The van der Waals surface area contributed by atoms with Gasteiger partial charge in [0, 0.05) is 18.0 Å². The number of hydrogen-bond donors (Lipinski definition) is 0. The van der Waals surface area contributed by atoms with Gasteiger partial charge >= 0.3 is 5.97 Å². The van der Waals surface area contributed by atoms with E-state index < -0.39 is 5.97 Å². The van der Waals surface area contributed by atoms with Crippen molar-refractivity contribution in [3.8, 4) is 17.1 Å². The standard InChI is InChI=1S/C22H19N3O4S/c1-24(14-17-9-6-12-30-17)21(26)15-29-22(27)19-13-18(20-10-5-11-28-20)23-25(19)16-7-3-2-4-8-16/h2-13H,14-15H2,1H3. The first-order valence-corrected chi connectivity index (χ1v) is 10.1. The average molecular weight is 421 g/mol. The molecule has 8 heteroatoms. The minimum atomic E-state index is -0.637. The highest BCUT2D eigenvalue weighted by atomic mass is 32.1. The van der Waals surface area contributed by atoms with Gasteiger partial charge in [-0.15, -0.1) is 11.3 Å². The van der Waals surface area contributed by atoms with Crippen molar-refractivity contribution in [2.45, 2.75) is 6.54 Å². The summed E-state index contributed by atoms with van der Waals surface area (Å²) in [5.41, 5.74) is 1.40. The van der Waals surface area contributed by atoms with Gasteiger partial charge < -0.3 is 14.1 Å². The molecular formula is C22H19N3O4S. The minimum Gasteiger partial charge on any atom is -0.463 e. The maximum absolute atomic E-state index is 12.8. The molecule has 0 aliphatic heterocycles. The molecule has 0 aliphatic carbocycles. The molecule has 0 unspecified atom stereocenters. The minimum absolute atomic E-state index is 0.210. The fraction of sp³-hybridized carbons (Fsp3) is 0.136. The number of aromatic nitrogens is 2. The van der Waals surface area contributed by atoms with E-state index in [4.69, 9.17) is 9.15 Å². The SMILES string of the molecule is CN(Cc1cccs1)C(=O)COC(=O)c1cc(-c2ccco2)nn1-c1ccccc1. The van der Waals surface area contributed by atoms with Gasteiger partial charge in [-0.3, -0.25) is 4.79 Å². The smallest absolute Gasteiger partial charge is 0.357 e. The fourth-order valence-corrected chi connectivity index (χ4v) is 3.63. The Morgan fingerprint density at radius 2 is 1.97 bits per heavy atom. The van der Waals surface area contributed by atoms with Gasteiger partial charge in [-0.25, -0.2) is 9.48 Å². The Labute approximate surface area is 177 Å². The molecule has 7 nitrogen and oxygen atoms in total. The maximum atomic E-state index is 12.8. The Bertz CT molecular complexity index is 1120. The number of para-hydroxylation sites is 1. The first-order chi connectivity index (χ1) is 14.6. The lowest BCUT2D eigenvalue weighted by atomic mass is 10.3. The van der Waals surface area contributed by atoms with Crippen LogP contribution in [-0.2, 0) is 16.1 Å². The van der Waals surface area contributed by atoms with Crippen molar-refractivity contribution in [3.63, 3.8) is 0 Å². The van der Waals surface area contributed by atoms with Crippen LogP contribution in [0.15, 0.2) is 76.7 Å². The van der Waals surface area contributed by atoms with Crippen molar-refractivity contribution < 1.29 is 18.7 Å². The van der Waals surface area contributed by atoms with E-state index >= 15 is 0 Å². The molecule has 0 radical (unpaired) electrons. The summed E-state index contributed by atoms with van der Waals surface area (Å²) in [5, 5.41) is 6.44. The second kappa shape index (κ2) is 8.79. The molecule has 1 amide bonds. The highest BCUT2D eigenvalue weighted by molar-refractivity contribution is 7.09. The third-order valence-corrected chi connectivity index (χ3v) is 5.28. The number of ether oxygens (including phenoxy) is 1. The first-order valence-electron chi connectivity index (χ1n) is 9.24. The molecule has 3 heterocycles. The molecule has 0 fully saturated rings. The van der Waals surface area contributed by atoms with E-state index in [0.29, 0.717) is 23.7 Å². The molecule has 30 heavy (non-hydrogen) atoms. The van der Waals surface area contributed by atoms with Crippen molar-refractivity contribution in [3.05, 3.63) is 82.9 Å². The van der Waals surface area contributed by atoms with Crippen molar-refractivity contribution >= 4 is 23.2 Å². The zero-order chi connectivity index (χ0) is 20.9. The number of carbonyl (C=O) groups is 2. The predicted octanol–water partition coefficient (Wildman–Crippen LogP) is 4.01. The molecular weight excluding hydrogens is 402 g/mol. The zero-order valence-corrected chi connectivity index (χ0v) is 17.0. The van der Waals surface area contributed by atoms with Crippen LogP contribution in [0.2, 0.25) is 0 Å². The normalized spacial score (nSPS) is 10.7. The Balaban J connectivity index is 1.50. The number of nitrogens with zero attached hydrogens (tertiary/aromatic N) is 3. The fourth-order valence-electron chi connectivity index (χ4n) is 2.87. The summed E-state index contributed by atoms with van der Waals surface area (Å²) in [6.45, 7) is 0.120. The van der Waals surface area contributed by atoms with Crippen LogP contribution in [0.5, 0.6) is 0 Å². The van der Waals surface area contributed by atoms with E-state index in [1.807, 2.05) is 47.8 Å². The molecule has 0 N–H and O–H groups in total. The molecule has 0 spiro atoms. The predicted molar refractivity (Wildman–Crippen MR) is 112 cm³/mol. The summed E-state index contributed by atoms with van der Waals surface area (Å²) in [4.78, 5) is 27.7. The Kier molecular flexibility index (Phi) is 5.76. The number of esters is 1. The van der Waals surface area contributed by atoms with Gasteiger partial charge in [0.2, 0.25) is 0 Å². The van der Waals surface area contributed by atoms with E-state index in [9.17, 15) is 9.59 Å². The number of rotatable bonds is 7. The van der Waals surface area contributed by atoms with Gasteiger partial charge in [0.1, 0.15) is 5.69 Å². The molecule has 3 aromatic heterocycles. The summed E-state index contributed by atoms with van der Waals surface area (Å²) in [6.07, 6.45) is 1.54. The van der Waals surface area contributed by atoms with Crippen molar-refractivity contribution in [1.29, 1.82) is 0 Å². The molecule has 0 aliphatic rings. The van der Waals surface area contributed by atoms with Crippen LogP contribution in [0.25, 0.3) is 17.1 Å². The Morgan fingerprint density at radius 1 is 1.13 bits per heavy atom. The van der Waals surface area contributed by atoms with E-state index in [0.717, 1.165) is 4.88 Å². The molecule has 152 valence electrons. The van der Waals surface area contributed by atoms with E-state index in [-0.39, 0.29) is 18.2 Å². The first kappa shape index (κ1) is 19.7. The lowest BCUT2D eigenvalue weighted by molar-refractivity contribution is -0.133. The van der Waals surface area contributed by atoms with Gasteiger partial charge in [-0.05, 0) is 35.7 Å². The van der Waals surface area contributed by atoms with Crippen LogP contribution < -0.4 is 0 Å². The number of hydrogen-bond acceptors (Lipinski definition) is 6. The Hall–Kier alpha value is -3.65. The zero-order valence-electron chi connectivity index (χ0n) is 16.2. The van der Waals surface area contributed by atoms with Crippen LogP contribution in [0.1, 0.15) is 15.4 Å². The summed E-state index contributed by atoms with van der Waals surface area (Å²) in [6, 6.07) is 18.2. The van der Waals surface area contributed by atoms with Crippen LogP contribution in [0, 0.1) is 0 Å². The second-order valence-corrected chi connectivity index (χ2v) is 7.58. The van der Waals surface area contributed by atoms with E-state index in [1.54, 1.807) is 36.6 Å². The molecule has 0 bridgehead atoms. The van der Waals surface area contributed by atoms with Crippen LogP contribution >= 0.6 is 11.3 Å². The molecule has 0 atom stereocenters. The summed E-state index contributed by atoms with van der Waals surface area (Å²) in [5.74, 6) is -0.388. The number of likely N-dealkylation sites (N-methyl/N-ethyl adjacent to an activating group) is 1. The molecule has 4 rings (SSSR count). The van der Waals surface area contributed by atoms with Gasteiger partial charge in [-0.2, -0.15) is 5.10 Å². The van der Waals surface area contributed by atoms with E-state index in [2.05, 4.69) is 5.10 Å². The summed E-state index contributed by atoms with van der Waals surface area (Å²) in [7, 11) is 1.68. The van der Waals surface area contributed by atoms with Crippen molar-refractivity contribution in [2.24, 2.45) is 0 Å². The van der Waals surface area contributed by atoms with Crippen LogP contribution in [0.4, 0.5) is 0 Å². The molecule has 0 saturated heterocycles. The summed E-state index contributed by atoms with van der Waals surface area (Å²) < 4.78 is 12.2. The topological polar surface area (TPSA) is 77.6 Å². The lowest BCUT2D eigenvalue weighted by Gasteiger charge is -2.16. The van der Waals surface area contributed by atoms with Crippen LogP contribution in [0.3, 0.4) is 0 Å². The largest absolute Gasteiger partial charge is 0.463 e. The molecule has 4 aromatic rings. The summed E-state index contributed by atoms with van der Waals surface area (Å²) >= 11 is 1.57. The van der Waals surface area contributed by atoms with Gasteiger partial charge in [0.15, 0.2) is 18.1 Å². The monoisotopic (exact) mass is 421 g/mol. The highest BCUT2D eigenvalue weighted by Gasteiger charge is 2.21.